The Balaban J connectivity index is 1.04. The average Bonchev–Trinajstić information content (AvgIpc) is 1.98. The Bertz CT molecular complexity index is 4890. The first kappa shape index (κ1) is 51.7. The zero-order valence-electron chi connectivity index (χ0n) is 49.1. The van der Waals surface area contributed by atoms with E-state index in [-0.39, 0.29) is 17.7 Å². The number of fused-ring (bicyclic) bond motifs is 11. The number of furan rings is 1. The molecular formula is C80H62BN3OS. The highest BCUT2D eigenvalue weighted by Crippen LogP contribution is 2.55. The molecule has 4 heterocycles. The van der Waals surface area contributed by atoms with Gasteiger partial charge in [0.2, 0.25) is 0 Å². The summed E-state index contributed by atoms with van der Waals surface area (Å²) in [5.41, 5.74) is 24.7. The molecule has 0 spiro atoms. The van der Waals surface area contributed by atoms with Gasteiger partial charge in [0.15, 0.2) is 0 Å². The standard InChI is InChI=1S/C80H62BN3OS/c1-79(2,3)56-36-39-58(40-37-56)84-70-48-65-63-33-17-19-35-74(63)86-75(65)50-67(70)76-77-72(49-66-62-32-16-18-34-73(62)85-78(66)76)83(69-43-38-57(80(4,5)6)46-64(69)53-26-14-9-15-27-53)71-47-61(41-42-68(71)81(77)84)82(59-30-20-28-54(44-59)51-22-10-7-11-23-51)60-31-21-29-55(45-60)52-24-12-8-13-25-52/h7-50H,1-6H3. The lowest BCUT2D eigenvalue weighted by atomic mass is 9.43. The second kappa shape index (κ2) is 19.9. The summed E-state index contributed by atoms with van der Waals surface area (Å²) in [7, 11) is 0. The van der Waals surface area contributed by atoms with Crippen molar-refractivity contribution in [2.24, 2.45) is 0 Å². The highest BCUT2D eigenvalue weighted by Gasteiger charge is 2.47. The van der Waals surface area contributed by atoms with E-state index in [1.807, 2.05) is 11.3 Å². The topological polar surface area (TPSA) is 22.9 Å². The molecule has 0 atom stereocenters. The van der Waals surface area contributed by atoms with Gasteiger partial charge in [-0.2, -0.15) is 0 Å². The molecule has 0 aliphatic carbocycles. The van der Waals surface area contributed by atoms with Crippen LogP contribution in [0.15, 0.2) is 271 Å². The lowest BCUT2D eigenvalue weighted by molar-refractivity contribution is 0.590. The maximum atomic E-state index is 7.31. The zero-order chi connectivity index (χ0) is 58.0. The second-order valence-electron chi connectivity index (χ2n) is 25.3. The van der Waals surface area contributed by atoms with Crippen molar-refractivity contribution in [3.8, 4) is 44.5 Å². The van der Waals surface area contributed by atoms with Crippen LogP contribution in [-0.4, -0.2) is 6.85 Å². The molecule has 0 saturated heterocycles. The van der Waals surface area contributed by atoms with Gasteiger partial charge in [-0.3, -0.25) is 0 Å². The third-order valence-corrected chi connectivity index (χ3v) is 19.0. The van der Waals surface area contributed by atoms with Gasteiger partial charge in [-0.05, 0) is 152 Å². The van der Waals surface area contributed by atoms with Crippen molar-refractivity contribution in [3.05, 3.63) is 278 Å². The summed E-state index contributed by atoms with van der Waals surface area (Å²) in [6.07, 6.45) is 0. The van der Waals surface area contributed by atoms with Gasteiger partial charge in [-0.1, -0.05) is 217 Å². The van der Waals surface area contributed by atoms with Crippen molar-refractivity contribution in [2.75, 3.05) is 14.6 Å². The zero-order valence-corrected chi connectivity index (χ0v) is 50.0. The highest BCUT2D eigenvalue weighted by atomic mass is 32.1. The van der Waals surface area contributed by atoms with Gasteiger partial charge >= 0.3 is 6.85 Å². The Morgan fingerprint density at radius 3 is 1.62 bits per heavy atom. The predicted molar refractivity (Wildman–Crippen MR) is 369 cm³/mol. The molecule has 0 radical (unpaired) electrons. The SMILES string of the molecule is CC(C)(C)c1ccc(N2B3c4ccc(N(c5cccc(-c6ccccc6)c5)c5cccc(-c6ccccc6)c5)cc4N(c4ccc(C(C)(C)C)cc4-c4ccccc4)c4cc5c(oc6ccccc65)c(c43)-c3cc4sc5ccccc5c4cc32)cc1. The van der Waals surface area contributed by atoms with Crippen LogP contribution in [0, 0.1) is 0 Å². The van der Waals surface area contributed by atoms with Crippen LogP contribution < -0.4 is 25.5 Å². The van der Waals surface area contributed by atoms with E-state index >= 15 is 0 Å². The average molecular weight is 1120 g/mol. The van der Waals surface area contributed by atoms with Crippen molar-refractivity contribution in [1.29, 1.82) is 0 Å². The van der Waals surface area contributed by atoms with E-state index < -0.39 is 0 Å². The molecule has 16 rings (SSSR count). The minimum Gasteiger partial charge on any atom is -0.455 e. The molecule has 0 bridgehead atoms. The lowest BCUT2D eigenvalue weighted by Gasteiger charge is -2.46. The van der Waals surface area contributed by atoms with Gasteiger partial charge in [-0.15, -0.1) is 11.3 Å². The molecule has 412 valence electrons. The van der Waals surface area contributed by atoms with E-state index in [1.165, 1.54) is 58.9 Å². The molecule has 0 N–H and O–H groups in total. The Hall–Kier alpha value is -9.88. The first-order valence-corrected chi connectivity index (χ1v) is 30.8. The van der Waals surface area contributed by atoms with Crippen molar-refractivity contribution >= 4 is 117 Å². The summed E-state index contributed by atoms with van der Waals surface area (Å²) in [5, 5.41) is 4.71. The smallest absolute Gasteiger partial charge is 0.333 e. The number of hydrogen-bond donors (Lipinski definition) is 0. The highest BCUT2D eigenvalue weighted by molar-refractivity contribution is 7.25. The minimum atomic E-state index is -0.293. The molecule has 0 amide bonds. The van der Waals surface area contributed by atoms with Gasteiger partial charge in [0.05, 0.1) is 5.69 Å². The van der Waals surface area contributed by atoms with Crippen LogP contribution in [0.25, 0.3) is 86.6 Å². The first-order chi connectivity index (χ1) is 41.9. The van der Waals surface area contributed by atoms with E-state index in [9.17, 15) is 0 Å². The number of thiophene rings is 1. The number of hydrogen-bond acceptors (Lipinski definition) is 5. The third-order valence-electron chi connectivity index (χ3n) is 17.9. The second-order valence-corrected chi connectivity index (χ2v) is 26.4. The van der Waals surface area contributed by atoms with E-state index in [1.54, 1.807) is 0 Å². The van der Waals surface area contributed by atoms with E-state index in [0.29, 0.717) is 0 Å². The first-order valence-electron chi connectivity index (χ1n) is 30.0. The van der Waals surface area contributed by atoms with Crippen LogP contribution in [0.5, 0.6) is 0 Å². The lowest BCUT2D eigenvalue weighted by Crippen LogP contribution is -2.61. The Labute approximate surface area is 507 Å². The van der Waals surface area contributed by atoms with Crippen molar-refractivity contribution in [3.63, 3.8) is 0 Å². The number of nitrogens with zero attached hydrogens (tertiary/aromatic N) is 3. The van der Waals surface area contributed by atoms with Crippen LogP contribution in [0.1, 0.15) is 52.7 Å². The Morgan fingerprint density at radius 2 is 0.953 bits per heavy atom. The van der Waals surface area contributed by atoms with Crippen LogP contribution in [0.2, 0.25) is 0 Å². The Kier molecular flexibility index (Phi) is 12.0. The molecule has 2 aliphatic rings. The van der Waals surface area contributed by atoms with Crippen LogP contribution in [0.3, 0.4) is 0 Å². The van der Waals surface area contributed by atoms with Crippen LogP contribution in [0.4, 0.5) is 45.5 Å². The fourth-order valence-electron chi connectivity index (χ4n) is 13.6. The van der Waals surface area contributed by atoms with E-state index in [0.717, 1.165) is 95.3 Å². The molecule has 86 heavy (non-hydrogen) atoms. The van der Waals surface area contributed by atoms with Crippen LogP contribution >= 0.6 is 11.3 Å². The number of rotatable bonds is 8. The molecule has 12 aromatic carbocycles. The molecule has 4 nitrogen and oxygen atoms in total. The molecule has 0 fully saturated rings. The summed E-state index contributed by atoms with van der Waals surface area (Å²) >= 11 is 1.87. The van der Waals surface area contributed by atoms with Crippen molar-refractivity contribution in [2.45, 2.75) is 52.4 Å². The summed E-state index contributed by atoms with van der Waals surface area (Å²) in [5.74, 6) is 0. The quantitative estimate of drug-likeness (QED) is 0.141. The fraction of sp³-hybridized carbons (Fsp3) is 0.100. The normalized spacial score (nSPS) is 12.9. The third kappa shape index (κ3) is 8.49. The minimum absolute atomic E-state index is 0.0345. The Morgan fingerprint density at radius 1 is 0.384 bits per heavy atom. The monoisotopic (exact) mass is 1120 g/mol. The number of para-hydroxylation sites is 1. The summed E-state index contributed by atoms with van der Waals surface area (Å²) in [4.78, 5) is 7.74. The van der Waals surface area contributed by atoms with Crippen molar-refractivity contribution in [1.82, 2.24) is 0 Å². The molecule has 0 unspecified atom stereocenters. The summed E-state index contributed by atoms with van der Waals surface area (Å²) < 4.78 is 9.84. The maximum Gasteiger partial charge on any atom is 0.333 e. The van der Waals surface area contributed by atoms with Crippen LogP contribution in [-0.2, 0) is 10.8 Å². The van der Waals surface area contributed by atoms with Gasteiger partial charge in [0.25, 0.3) is 0 Å². The van der Waals surface area contributed by atoms with E-state index in [2.05, 4.69) is 323 Å². The molecule has 2 aromatic heterocycles. The summed E-state index contributed by atoms with van der Waals surface area (Å²) in [6.45, 7) is 13.6. The fourth-order valence-corrected chi connectivity index (χ4v) is 14.7. The maximum absolute atomic E-state index is 7.31. The molecular weight excluding hydrogens is 1060 g/mol. The summed E-state index contributed by atoms with van der Waals surface area (Å²) in [6, 6.07) is 99.4. The van der Waals surface area contributed by atoms with Gasteiger partial charge in [0, 0.05) is 87.4 Å². The van der Waals surface area contributed by atoms with Crippen molar-refractivity contribution < 1.29 is 4.42 Å². The number of anilines is 8. The van der Waals surface area contributed by atoms with Gasteiger partial charge < -0.3 is 19.0 Å². The van der Waals surface area contributed by atoms with E-state index in [4.69, 9.17) is 4.42 Å². The van der Waals surface area contributed by atoms with Gasteiger partial charge in [-0.25, -0.2) is 0 Å². The number of benzene rings is 12. The predicted octanol–water partition coefficient (Wildman–Crippen LogP) is 21.7. The molecule has 14 aromatic rings. The largest absolute Gasteiger partial charge is 0.455 e. The molecule has 0 saturated carbocycles. The molecule has 2 aliphatic heterocycles. The molecule has 6 heteroatoms. The van der Waals surface area contributed by atoms with Gasteiger partial charge in [0.1, 0.15) is 11.2 Å².